The summed E-state index contributed by atoms with van der Waals surface area (Å²) < 4.78 is 18.1. The fraction of sp³-hybridized carbons (Fsp3) is 0.233. The van der Waals surface area contributed by atoms with E-state index in [1.54, 1.807) is 18.3 Å². The highest BCUT2D eigenvalue weighted by molar-refractivity contribution is 6.10. The average molecular weight is 498 g/mol. The topological polar surface area (TPSA) is 87.1 Å². The van der Waals surface area contributed by atoms with E-state index in [1.165, 1.54) is 0 Å². The Kier molecular flexibility index (Phi) is 7.42. The molecule has 0 spiro atoms. The number of carbonyl (C=O) groups is 3. The van der Waals surface area contributed by atoms with Crippen LogP contribution in [0.5, 0.6) is 0 Å². The first-order chi connectivity index (χ1) is 18.1. The maximum atomic E-state index is 13.2. The van der Waals surface area contributed by atoms with Gasteiger partial charge in [0.05, 0.1) is 31.2 Å². The fourth-order valence-corrected chi connectivity index (χ4v) is 4.16. The van der Waals surface area contributed by atoms with Crippen molar-refractivity contribution in [1.29, 1.82) is 0 Å². The molecule has 3 aromatic carbocycles. The Hall–Kier alpha value is -4.23. The first-order valence-corrected chi connectivity index (χ1v) is 12.2. The molecule has 1 aromatic heterocycles. The molecule has 2 heterocycles. The van der Waals surface area contributed by atoms with E-state index in [2.05, 4.69) is 0 Å². The number of nitrogens with zero attached hydrogens (tertiary/aromatic N) is 1. The van der Waals surface area contributed by atoms with Crippen LogP contribution < -0.4 is 0 Å². The molecule has 7 heteroatoms. The van der Waals surface area contributed by atoms with E-state index in [4.69, 9.17) is 14.2 Å². The third-order valence-electron chi connectivity index (χ3n) is 6.23. The molecule has 7 nitrogen and oxygen atoms in total. The van der Waals surface area contributed by atoms with Crippen molar-refractivity contribution < 1.29 is 28.6 Å². The summed E-state index contributed by atoms with van der Waals surface area (Å²) >= 11 is 0. The Morgan fingerprint density at radius 1 is 0.838 bits per heavy atom. The van der Waals surface area contributed by atoms with Gasteiger partial charge in [0.2, 0.25) is 0 Å². The zero-order valence-corrected chi connectivity index (χ0v) is 20.3. The van der Waals surface area contributed by atoms with E-state index in [-0.39, 0.29) is 37.9 Å². The summed E-state index contributed by atoms with van der Waals surface area (Å²) in [4.78, 5) is 38.2. The van der Waals surface area contributed by atoms with Crippen molar-refractivity contribution in [3.63, 3.8) is 0 Å². The molecule has 5 rings (SSSR count). The van der Waals surface area contributed by atoms with Gasteiger partial charge in [0.1, 0.15) is 13.2 Å². The van der Waals surface area contributed by atoms with Crippen LogP contribution >= 0.6 is 0 Å². The first-order valence-electron chi connectivity index (χ1n) is 12.2. The van der Waals surface area contributed by atoms with Gasteiger partial charge in [-0.05, 0) is 29.3 Å². The lowest BCUT2D eigenvalue weighted by atomic mass is 10.0. The Morgan fingerprint density at radius 2 is 1.49 bits per heavy atom. The van der Waals surface area contributed by atoms with Crippen LogP contribution in [0, 0.1) is 0 Å². The Bertz CT molecular complexity index is 1410. The highest BCUT2D eigenvalue weighted by atomic mass is 16.6. The monoisotopic (exact) mass is 497 g/mol. The molecule has 0 saturated carbocycles. The largest absolute Gasteiger partial charge is 0.461 e. The minimum absolute atomic E-state index is 0.00927. The van der Waals surface area contributed by atoms with Gasteiger partial charge in [0.15, 0.2) is 5.78 Å². The van der Waals surface area contributed by atoms with E-state index in [9.17, 15) is 14.4 Å². The van der Waals surface area contributed by atoms with Crippen molar-refractivity contribution in [2.24, 2.45) is 0 Å². The molecule has 1 fully saturated rings. The summed E-state index contributed by atoms with van der Waals surface area (Å²) in [5.74, 6) is -1.09. The molecule has 0 bridgehead atoms. The SMILES string of the molecule is O=C(CCC(=O)c1cn(CC2CO2)c2ccc(C(=O)OCc3ccccc3)cc12)OCc1ccccc1. The number of hydrogen-bond donors (Lipinski definition) is 0. The van der Waals surface area contributed by atoms with Gasteiger partial charge >= 0.3 is 11.9 Å². The lowest BCUT2D eigenvalue weighted by Gasteiger charge is -2.07. The number of carbonyl (C=O) groups excluding carboxylic acids is 3. The normalized spacial score (nSPS) is 14.3. The molecule has 37 heavy (non-hydrogen) atoms. The number of hydrogen-bond acceptors (Lipinski definition) is 6. The molecule has 4 aromatic rings. The molecule has 1 aliphatic rings. The van der Waals surface area contributed by atoms with Crippen LogP contribution in [-0.2, 0) is 38.8 Å². The molecular formula is C30H27NO6. The molecule has 1 unspecified atom stereocenters. The standard InChI is InChI=1S/C30H27NO6/c32-28(13-14-29(33)36-18-21-7-3-1-4-8-21)26-17-31(16-24-20-35-24)27-12-11-23(15-25(26)27)30(34)37-19-22-9-5-2-6-10-22/h1-12,15,17,24H,13-14,16,18-20H2. The Morgan fingerprint density at radius 3 is 2.14 bits per heavy atom. The highest BCUT2D eigenvalue weighted by Gasteiger charge is 2.25. The summed E-state index contributed by atoms with van der Waals surface area (Å²) in [6, 6.07) is 24.1. The highest BCUT2D eigenvalue weighted by Crippen LogP contribution is 2.27. The third kappa shape index (κ3) is 6.32. The van der Waals surface area contributed by atoms with Crippen molar-refractivity contribution in [2.75, 3.05) is 6.61 Å². The van der Waals surface area contributed by atoms with Gasteiger partial charge in [-0.1, -0.05) is 60.7 Å². The first kappa shape index (κ1) is 24.5. The average Bonchev–Trinajstić information content (AvgIpc) is 3.69. The van der Waals surface area contributed by atoms with E-state index in [0.29, 0.717) is 29.7 Å². The lowest BCUT2D eigenvalue weighted by molar-refractivity contribution is -0.144. The summed E-state index contributed by atoms with van der Waals surface area (Å²) in [7, 11) is 0. The van der Waals surface area contributed by atoms with Crippen LogP contribution in [0.2, 0.25) is 0 Å². The Balaban J connectivity index is 1.29. The lowest BCUT2D eigenvalue weighted by Crippen LogP contribution is -2.08. The van der Waals surface area contributed by atoms with Crippen LogP contribution in [-0.4, -0.2) is 35.0 Å². The molecule has 0 aliphatic carbocycles. The number of fused-ring (bicyclic) bond motifs is 1. The maximum absolute atomic E-state index is 13.2. The molecule has 0 radical (unpaired) electrons. The number of rotatable bonds is 11. The molecule has 188 valence electrons. The van der Waals surface area contributed by atoms with Crippen molar-refractivity contribution in [3.05, 3.63) is 107 Å². The van der Waals surface area contributed by atoms with Gasteiger partial charge in [-0.25, -0.2) is 4.79 Å². The Labute approximate surface area is 214 Å². The minimum Gasteiger partial charge on any atom is -0.461 e. The van der Waals surface area contributed by atoms with Gasteiger partial charge in [-0.3, -0.25) is 9.59 Å². The number of epoxide rings is 1. The summed E-state index contributed by atoms with van der Waals surface area (Å²) in [5, 5.41) is 0.650. The van der Waals surface area contributed by atoms with Crippen LogP contribution in [0.4, 0.5) is 0 Å². The number of ether oxygens (including phenoxy) is 3. The second-order valence-electron chi connectivity index (χ2n) is 9.01. The number of Topliss-reactive ketones (excluding diaryl/α,β-unsaturated/α-hetero) is 1. The molecule has 0 N–H and O–H groups in total. The summed E-state index contributed by atoms with van der Waals surface area (Å²) in [6.45, 7) is 1.62. The van der Waals surface area contributed by atoms with Crippen LogP contribution in [0.25, 0.3) is 10.9 Å². The van der Waals surface area contributed by atoms with Crippen molar-refractivity contribution >= 4 is 28.6 Å². The smallest absolute Gasteiger partial charge is 0.338 e. The second-order valence-corrected chi connectivity index (χ2v) is 9.01. The molecule has 1 atom stereocenters. The molecule has 0 amide bonds. The maximum Gasteiger partial charge on any atom is 0.338 e. The van der Waals surface area contributed by atoms with Gasteiger partial charge in [0, 0.05) is 29.1 Å². The van der Waals surface area contributed by atoms with Crippen molar-refractivity contribution in [2.45, 2.75) is 38.7 Å². The van der Waals surface area contributed by atoms with E-state index in [0.717, 1.165) is 16.6 Å². The van der Waals surface area contributed by atoms with E-state index in [1.807, 2.05) is 71.3 Å². The number of benzene rings is 3. The van der Waals surface area contributed by atoms with Gasteiger partial charge in [0.25, 0.3) is 0 Å². The quantitative estimate of drug-likeness (QED) is 0.163. The number of esters is 2. The van der Waals surface area contributed by atoms with Gasteiger partial charge in [-0.2, -0.15) is 0 Å². The molecular weight excluding hydrogens is 470 g/mol. The molecule has 1 aliphatic heterocycles. The van der Waals surface area contributed by atoms with E-state index >= 15 is 0 Å². The zero-order chi connectivity index (χ0) is 25.6. The molecule has 1 saturated heterocycles. The van der Waals surface area contributed by atoms with Crippen molar-refractivity contribution in [1.82, 2.24) is 4.57 Å². The predicted molar refractivity (Wildman–Crippen MR) is 137 cm³/mol. The zero-order valence-electron chi connectivity index (χ0n) is 20.3. The predicted octanol–water partition coefficient (Wildman–Crippen LogP) is 5.10. The summed E-state index contributed by atoms with van der Waals surface area (Å²) in [5.41, 5.74) is 3.43. The minimum atomic E-state index is -0.466. The van der Waals surface area contributed by atoms with E-state index < -0.39 is 11.9 Å². The second kappa shape index (κ2) is 11.2. The van der Waals surface area contributed by atoms with Gasteiger partial charge < -0.3 is 18.8 Å². The van der Waals surface area contributed by atoms with Crippen LogP contribution in [0.1, 0.15) is 44.7 Å². The van der Waals surface area contributed by atoms with Crippen LogP contribution in [0.15, 0.2) is 85.1 Å². The number of aromatic nitrogens is 1. The van der Waals surface area contributed by atoms with Gasteiger partial charge in [-0.15, -0.1) is 0 Å². The fourth-order valence-electron chi connectivity index (χ4n) is 4.16. The third-order valence-corrected chi connectivity index (χ3v) is 6.23. The van der Waals surface area contributed by atoms with Crippen LogP contribution in [0.3, 0.4) is 0 Å². The number of ketones is 1. The van der Waals surface area contributed by atoms with Crippen molar-refractivity contribution in [3.8, 4) is 0 Å². The summed E-state index contributed by atoms with van der Waals surface area (Å²) in [6.07, 6.45) is 1.88.